The fourth-order valence-electron chi connectivity index (χ4n) is 1.12. The van der Waals surface area contributed by atoms with E-state index in [-0.39, 0.29) is 5.91 Å². The molecule has 0 saturated carbocycles. The van der Waals surface area contributed by atoms with Crippen LogP contribution in [-0.2, 0) is 18.4 Å². The molecule has 0 unspecified atom stereocenters. The lowest BCUT2D eigenvalue weighted by atomic mass is 10.3. The molecule has 0 saturated heterocycles. The molecule has 0 radical (unpaired) electrons. The van der Waals surface area contributed by atoms with Gasteiger partial charge in [0, 0.05) is 31.4 Å². The zero-order chi connectivity index (χ0) is 11.3. The van der Waals surface area contributed by atoms with Crippen LogP contribution in [0.15, 0.2) is 12.4 Å². The van der Waals surface area contributed by atoms with Crippen molar-refractivity contribution in [2.24, 2.45) is 7.05 Å². The van der Waals surface area contributed by atoms with Gasteiger partial charge >= 0.3 is 0 Å². The summed E-state index contributed by atoms with van der Waals surface area (Å²) in [6.07, 6.45) is 3.63. The van der Waals surface area contributed by atoms with Crippen molar-refractivity contribution in [1.29, 1.82) is 0 Å². The first-order valence-electron chi connectivity index (χ1n) is 5.05. The van der Waals surface area contributed by atoms with E-state index in [1.54, 1.807) is 10.9 Å². The fourth-order valence-corrected chi connectivity index (χ4v) is 1.12. The number of rotatable bonds is 5. The Morgan fingerprint density at radius 3 is 2.87 bits per heavy atom. The third kappa shape index (κ3) is 4.60. The van der Waals surface area contributed by atoms with Gasteiger partial charge in [-0.25, -0.2) is 0 Å². The summed E-state index contributed by atoms with van der Waals surface area (Å²) in [5.41, 5.74) is 1.01. The molecule has 1 aromatic heterocycles. The molecule has 1 amide bonds. The molecule has 0 spiro atoms. The minimum Gasteiger partial charge on any atom is -0.351 e. The van der Waals surface area contributed by atoms with E-state index in [9.17, 15) is 4.79 Å². The minimum absolute atomic E-state index is 0.00699. The Morgan fingerprint density at radius 2 is 2.33 bits per heavy atom. The van der Waals surface area contributed by atoms with Gasteiger partial charge in [-0.15, -0.1) is 0 Å². The number of nitrogens with one attached hydrogen (secondary N) is 2. The molecule has 1 heterocycles. The van der Waals surface area contributed by atoms with Gasteiger partial charge in [0.2, 0.25) is 5.91 Å². The van der Waals surface area contributed by atoms with Crippen LogP contribution in [0.5, 0.6) is 0 Å². The van der Waals surface area contributed by atoms with Crippen LogP contribution >= 0.6 is 0 Å². The Kier molecular flexibility index (Phi) is 4.30. The second-order valence-electron chi connectivity index (χ2n) is 3.83. The van der Waals surface area contributed by atoms with E-state index in [0.29, 0.717) is 19.1 Å². The third-order valence-electron chi connectivity index (χ3n) is 1.92. The summed E-state index contributed by atoms with van der Waals surface area (Å²) in [6.45, 7) is 4.91. The van der Waals surface area contributed by atoms with Crippen molar-refractivity contribution in [3.05, 3.63) is 18.0 Å². The summed E-state index contributed by atoms with van der Waals surface area (Å²) in [6, 6.07) is 0.328. The van der Waals surface area contributed by atoms with Gasteiger partial charge in [0.25, 0.3) is 0 Å². The van der Waals surface area contributed by atoms with Gasteiger partial charge in [-0.05, 0) is 0 Å². The molecule has 1 rings (SSSR count). The first kappa shape index (κ1) is 11.7. The minimum atomic E-state index is 0.00699. The van der Waals surface area contributed by atoms with E-state index in [2.05, 4.69) is 15.7 Å². The van der Waals surface area contributed by atoms with Gasteiger partial charge < -0.3 is 10.6 Å². The highest BCUT2D eigenvalue weighted by Crippen LogP contribution is 1.94. The van der Waals surface area contributed by atoms with E-state index in [0.717, 1.165) is 5.56 Å². The van der Waals surface area contributed by atoms with E-state index >= 15 is 0 Å². The van der Waals surface area contributed by atoms with Crippen LogP contribution < -0.4 is 10.6 Å². The third-order valence-corrected chi connectivity index (χ3v) is 1.92. The molecule has 0 fully saturated rings. The molecule has 1 aromatic rings. The molecule has 0 bridgehead atoms. The van der Waals surface area contributed by atoms with E-state index in [1.807, 2.05) is 27.1 Å². The summed E-state index contributed by atoms with van der Waals surface area (Å²) >= 11 is 0. The predicted octanol–water partition coefficient (Wildman–Crippen LogP) is 0.0343. The van der Waals surface area contributed by atoms with Gasteiger partial charge in [0.05, 0.1) is 12.7 Å². The molecule has 5 nitrogen and oxygen atoms in total. The number of hydrogen-bond donors (Lipinski definition) is 2. The molecule has 0 aliphatic carbocycles. The lowest BCUT2D eigenvalue weighted by molar-refractivity contribution is -0.120. The molecular weight excluding hydrogens is 192 g/mol. The lowest BCUT2D eigenvalue weighted by Gasteiger charge is -2.07. The Hall–Kier alpha value is -1.36. The van der Waals surface area contributed by atoms with Gasteiger partial charge in [-0.1, -0.05) is 13.8 Å². The number of hydrogen-bond acceptors (Lipinski definition) is 3. The summed E-state index contributed by atoms with van der Waals surface area (Å²) in [7, 11) is 1.85. The van der Waals surface area contributed by atoms with Gasteiger partial charge in [-0.2, -0.15) is 5.10 Å². The fraction of sp³-hybridized carbons (Fsp3) is 0.600. The average Bonchev–Trinajstić information content (AvgIpc) is 2.58. The quantitative estimate of drug-likeness (QED) is 0.721. The second-order valence-corrected chi connectivity index (χ2v) is 3.83. The Labute approximate surface area is 89.9 Å². The van der Waals surface area contributed by atoms with Crippen molar-refractivity contribution in [3.63, 3.8) is 0 Å². The maximum absolute atomic E-state index is 11.3. The van der Waals surface area contributed by atoms with Crippen molar-refractivity contribution < 1.29 is 4.79 Å². The first-order chi connectivity index (χ1) is 7.08. The standard InChI is InChI=1S/C10H18N4O/c1-8(2)11-6-10(15)12-4-9-5-13-14(3)7-9/h5,7-8,11H,4,6H2,1-3H3,(H,12,15). The first-order valence-corrected chi connectivity index (χ1v) is 5.05. The highest BCUT2D eigenvalue weighted by Gasteiger charge is 2.02. The normalized spacial score (nSPS) is 10.7. The smallest absolute Gasteiger partial charge is 0.234 e. The molecule has 5 heteroatoms. The maximum Gasteiger partial charge on any atom is 0.234 e. The second kappa shape index (κ2) is 5.50. The van der Waals surface area contributed by atoms with Crippen LogP contribution in [0.25, 0.3) is 0 Å². The van der Waals surface area contributed by atoms with Crippen molar-refractivity contribution in [3.8, 4) is 0 Å². The molecule has 15 heavy (non-hydrogen) atoms. The highest BCUT2D eigenvalue weighted by molar-refractivity contribution is 5.77. The SMILES string of the molecule is CC(C)NCC(=O)NCc1cnn(C)c1. The number of aromatic nitrogens is 2. The number of carbonyl (C=O) groups excluding carboxylic acids is 1. The molecule has 0 atom stereocenters. The molecule has 0 aliphatic heterocycles. The number of carbonyl (C=O) groups is 1. The van der Waals surface area contributed by atoms with Crippen LogP contribution in [0, 0.1) is 0 Å². The van der Waals surface area contributed by atoms with E-state index in [1.165, 1.54) is 0 Å². The number of amides is 1. The Bertz CT molecular complexity index is 319. The molecule has 0 aromatic carbocycles. The number of aryl methyl sites for hydroxylation is 1. The molecule has 0 aliphatic rings. The zero-order valence-corrected chi connectivity index (χ0v) is 9.45. The summed E-state index contributed by atoms with van der Waals surface area (Å²) < 4.78 is 1.72. The van der Waals surface area contributed by atoms with Gasteiger partial charge in [0.1, 0.15) is 0 Å². The maximum atomic E-state index is 11.3. The topological polar surface area (TPSA) is 59.0 Å². The lowest BCUT2D eigenvalue weighted by Crippen LogP contribution is -2.36. The van der Waals surface area contributed by atoms with E-state index in [4.69, 9.17) is 0 Å². The van der Waals surface area contributed by atoms with Crippen LogP contribution in [0.3, 0.4) is 0 Å². The van der Waals surface area contributed by atoms with Crippen molar-refractivity contribution in [2.45, 2.75) is 26.4 Å². The Morgan fingerprint density at radius 1 is 1.60 bits per heavy atom. The molecule has 2 N–H and O–H groups in total. The van der Waals surface area contributed by atoms with Crippen molar-refractivity contribution in [2.75, 3.05) is 6.54 Å². The zero-order valence-electron chi connectivity index (χ0n) is 9.45. The summed E-state index contributed by atoms with van der Waals surface area (Å²) in [5.74, 6) is 0.00699. The van der Waals surface area contributed by atoms with E-state index < -0.39 is 0 Å². The monoisotopic (exact) mass is 210 g/mol. The number of nitrogens with zero attached hydrogens (tertiary/aromatic N) is 2. The Balaban J connectivity index is 2.22. The van der Waals surface area contributed by atoms with Gasteiger partial charge in [-0.3, -0.25) is 9.48 Å². The van der Waals surface area contributed by atoms with Crippen LogP contribution in [0.2, 0.25) is 0 Å². The molecule has 84 valence electrons. The highest BCUT2D eigenvalue weighted by atomic mass is 16.1. The molecular formula is C10H18N4O. The largest absolute Gasteiger partial charge is 0.351 e. The van der Waals surface area contributed by atoms with Crippen LogP contribution in [-0.4, -0.2) is 28.3 Å². The van der Waals surface area contributed by atoms with Crippen LogP contribution in [0.1, 0.15) is 19.4 Å². The predicted molar refractivity (Wildman–Crippen MR) is 58.2 cm³/mol. The van der Waals surface area contributed by atoms with Crippen molar-refractivity contribution in [1.82, 2.24) is 20.4 Å². The summed E-state index contributed by atoms with van der Waals surface area (Å²) in [4.78, 5) is 11.3. The van der Waals surface area contributed by atoms with Crippen molar-refractivity contribution >= 4 is 5.91 Å². The van der Waals surface area contributed by atoms with Crippen LogP contribution in [0.4, 0.5) is 0 Å². The summed E-state index contributed by atoms with van der Waals surface area (Å²) in [5, 5.41) is 9.89. The average molecular weight is 210 g/mol. The van der Waals surface area contributed by atoms with Gasteiger partial charge in [0.15, 0.2) is 0 Å².